The maximum Gasteiger partial charge on any atom is 0.120 e. The molecule has 1 aliphatic rings. The molecule has 106 valence electrons. The first kappa shape index (κ1) is 14.2. The van der Waals surface area contributed by atoms with Crippen LogP contribution in [-0.4, -0.2) is 31.5 Å². The van der Waals surface area contributed by atoms with Crippen molar-refractivity contribution in [3.05, 3.63) is 23.8 Å². The van der Waals surface area contributed by atoms with Crippen LogP contribution >= 0.6 is 0 Å². The van der Waals surface area contributed by atoms with Crippen LogP contribution in [0.5, 0.6) is 11.5 Å². The van der Waals surface area contributed by atoms with Gasteiger partial charge in [-0.15, -0.1) is 0 Å². The van der Waals surface area contributed by atoms with Gasteiger partial charge in [0.05, 0.1) is 13.2 Å². The minimum atomic E-state index is 0.0700. The maximum absolute atomic E-state index is 9.91. The van der Waals surface area contributed by atoms with Crippen molar-refractivity contribution in [2.45, 2.75) is 38.3 Å². The second-order valence-electron chi connectivity index (χ2n) is 5.04. The van der Waals surface area contributed by atoms with Crippen molar-refractivity contribution in [1.82, 2.24) is 5.32 Å². The molecule has 2 N–H and O–H groups in total. The van der Waals surface area contributed by atoms with Crippen molar-refractivity contribution < 1.29 is 14.6 Å². The van der Waals surface area contributed by atoms with Crippen molar-refractivity contribution in [2.75, 3.05) is 20.3 Å². The Bertz CT molecular complexity index is 402. The first-order chi connectivity index (χ1) is 9.20. The van der Waals surface area contributed by atoms with E-state index < -0.39 is 0 Å². The normalized spacial score (nSPS) is 21.1. The number of methoxy groups -OCH3 is 1. The Morgan fingerprint density at radius 1 is 1.47 bits per heavy atom. The highest BCUT2D eigenvalue weighted by molar-refractivity contribution is 5.41. The molecule has 1 aromatic carbocycles. The highest BCUT2D eigenvalue weighted by Gasteiger charge is 2.16. The van der Waals surface area contributed by atoms with Gasteiger partial charge in [0.1, 0.15) is 11.5 Å². The number of aromatic hydroxyl groups is 1. The molecule has 1 heterocycles. The summed E-state index contributed by atoms with van der Waals surface area (Å²) in [5.41, 5.74) is 0.857. The lowest BCUT2D eigenvalue weighted by atomic mass is 10.1. The summed E-state index contributed by atoms with van der Waals surface area (Å²) in [7, 11) is 1.63. The fourth-order valence-electron chi connectivity index (χ4n) is 2.39. The van der Waals surface area contributed by atoms with Gasteiger partial charge in [0.25, 0.3) is 0 Å². The molecular formula is C15H23NO3. The number of nitrogens with one attached hydrogen (secondary N) is 1. The van der Waals surface area contributed by atoms with Gasteiger partial charge >= 0.3 is 0 Å². The van der Waals surface area contributed by atoms with E-state index in [0.717, 1.165) is 30.9 Å². The lowest BCUT2D eigenvalue weighted by Crippen LogP contribution is -2.33. The Morgan fingerprint density at radius 2 is 2.32 bits per heavy atom. The number of hydrogen-bond donors (Lipinski definition) is 2. The van der Waals surface area contributed by atoms with E-state index >= 15 is 0 Å². The lowest BCUT2D eigenvalue weighted by molar-refractivity contribution is 0.0156. The van der Waals surface area contributed by atoms with Crippen LogP contribution in [0.3, 0.4) is 0 Å². The zero-order valence-electron chi connectivity index (χ0n) is 11.7. The molecule has 0 spiro atoms. The van der Waals surface area contributed by atoms with Crippen LogP contribution in [0, 0.1) is 0 Å². The number of rotatable bonds is 5. The Labute approximate surface area is 114 Å². The summed E-state index contributed by atoms with van der Waals surface area (Å²) in [5, 5.41) is 13.3. The van der Waals surface area contributed by atoms with Gasteiger partial charge in [-0.05, 0) is 44.4 Å². The standard InChI is InChI=1S/C15H23NO3/c1-11(16-10-13-5-3-4-8-19-13)14-9-12(18-2)6-7-15(14)17/h6-7,9,11,13,16-17H,3-5,8,10H2,1-2H3. The molecule has 2 atom stereocenters. The topological polar surface area (TPSA) is 50.7 Å². The van der Waals surface area contributed by atoms with Gasteiger partial charge < -0.3 is 19.9 Å². The molecule has 0 aromatic heterocycles. The van der Waals surface area contributed by atoms with Crippen LogP contribution in [0.15, 0.2) is 18.2 Å². The van der Waals surface area contributed by atoms with Gasteiger partial charge in [-0.3, -0.25) is 0 Å². The fourth-order valence-corrected chi connectivity index (χ4v) is 2.39. The number of benzene rings is 1. The molecule has 2 rings (SSSR count). The van der Waals surface area contributed by atoms with E-state index in [1.807, 2.05) is 13.0 Å². The Kier molecular flexibility index (Phi) is 5.05. The van der Waals surface area contributed by atoms with E-state index in [4.69, 9.17) is 9.47 Å². The molecule has 1 aliphatic heterocycles. The monoisotopic (exact) mass is 265 g/mol. The van der Waals surface area contributed by atoms with Crippen LogP contribution in [0.4, 0.5) is 0 Å². The maximum atomic E-state index is 9.91. The molecule has 4 heteroatoms. The summed E-state index contributed by atoms with van der Waals surface area (Å²) in [4.78, 5) is 0. The minimum Gasteiger partial charge on any atom is -0.508 e. The van der Waals surface area contributed by atoms with Crippen LogP contribution in [-0.2, 0) is 4.74 Å². The van der Waals surface area contributed by atoms with E-state index in [1.165, 1.54) is 12.8 Å². The van der Waals surface area contributed by atoms with Crippen molar-refractivity contribution in [1.29, 1.82) is 0 Å². The van der Waals surface area contributed by atoms with E-state index in [0.29, 0.717) is 11.9 Å². The number of ether oxygens (including phenoxy) is 2. The van der Waals surface area contributed by atoms with E-state index in [9.17, 15) is 5.11 Å². The van der Waals surface area contributed by atoms with Crippen LogP contribution in [0.1, 0.15) is 37.8 Å². The zero-order valence-corrected chi connectivity index (χ0v) is 11.7. The molecule has 1 aromatic rings. The second-order valence-corrected chi connectivity index (χ2v) is 5.04. The summed E-state index contributed by atoms with van der Waals surface area (Å²) in [6.45, 7) is 3.72. The van der Waals surface area contributed by atoms with Crippen LogP contribution in [0.2, 0.25) is 0 Å². The largest absolute Gasteiger partial charge is 0.508 e. The number of phenols is 1. The van der Waals surface area contributed by atoms with E-state index in [-0.39, 0.29) is 6.04 Å². The summed E-state index contributed by atoms with van der Waals surface area (Å²) in [5.74, 6) is 1.06. The molecule has 4 nitrogen and oxygen atoms in total. The SMILES string of the molecule is COc1ccc(O)c(C(C)NCC2CCCCO2)c1. The molecule has 0 bridgehead atoms. The van der Waals surface area contributed by atoms with Gasteiger partial charge in [-0.1, -0.05) is 0 Å². The predicted molar refractivity (Wildman–Crippen MR) is 74.7 cm³/mol. The molecule has 19 heavy (non-hydrogen) atoms. The molecular weight excluding hydrogens is 242 g/mol. The fraction of sp³-hybridized carbons (Fsp3) is 0.600. The van der Waals surface area contributed by atoms with Gasteiger partial charge in [0.15, 0.2) is 0 Å². The molecule has 2 unspecified atom stereocenters. The third-order valence-corrected chi connectivity index (χ3v) is 3.63. The van der Waals surface area contributed by atoms with Crippen molar-refractivity contribution >= 4 is 0 Å². The summed E-state index contributed by atoms with van der Waals surface area (Å²) >= 11 is 0. The zero-order chi connectivity index (χ0) is 13.7. The van der Waals surface area contributed by atoms with Gasteiger partial charge in [0.2, 0.25) is 0 Å². The van der Waals surface area contributed by atoms with E-state index in [2.05, 4.69) is 5.32 Å². The van der Waals surface area contributed by atoms with Gasteiger partial charge in [0, 0.05) is 24.8 Å². The molecule has 0 aliphatic carbocycles. The summed E-state index contributed by atoms with van der Waals surface area (Å²) in [6, 6.07) is 5.37. The van der Waals surface area contributed by atoms with E-state index in [1.54, 1.807) is 19.2 Å². The second kappa shape index (κ2) is 6.78. The van der Waals surface area contributed by atoms with Crippen LogP contribution < -0.4 is 10.1 Å². The molecule has 0 saturated carbocycles. The molecule has 0 amide bonds. The third-order valence-electron chi connectivity index (χ3n) is 3.63. The third kappa shape index (κ3) is 3.85. The average molecular weight is 265 g/mol. The van der Waals surface area contributed by atoms with Crippen molar-refractivity contribution in [3.8, 4) is 11.5 Å². The van der Waals surface area contributed by atoms with Gasteiger partial charge in [-0.2, -0.15) is 0 Å². The summed E-state index contributed by atoms with van der Waals surface area (Å²) in [6.07, 6.45) is 3.82. The molecule has 0 radical (unpaired) electrons. The average Bonchev–Trinajstić information content (AvgIpc) is 2.46. The van der Waals surface area contributed by atoms with Crippen molar-refractivity contribution in [3.63, 3.8) is 0 Å². The molecule has 1 saturated heterocycles. The summed E-state index contributed by atoms with van der Waals surface area (Å²) < 4.78 is 10.9. The first-order valence-electron chi connectivity index (χ1n) is 6.92. The molecule has 1 fully saturated rings. The first-order valence-corrected chi connectivity index (χ1v) is 6.92. The quantitative estimate of drug-likeness (QED) is 0.859. The van der Waals surface area contributed by atoms with Gasteiger partial charge in [-0.25, -0.2) is 0 Å². The highest BCUT2D eigenvalue weighted by atomic mass is 16.5. The van der Waals surface area contributed by atoms with Crippen molar-refractivity contribution in [2.24, 2.45) is 0 Å². The number of phenolic OH excluding ortho intramolecular Hbond substituents is 1. The highest BCUT2D eigenvalue weighted by Crippen LogP contribution is 2.28. The van der Waals surface area contributed by atoms with Crippen LogP contribution in [0.25, 0.3) is 0 Å². The Morgan fingerprint density at radius 3 is 3.00 bits per heavy atom. The number of hydrogen-bond acceptors (Lipinski definition) is 4. The Balaban J connectivity index is 1.93. The predicted octanol–water partition coefficient (Wildman–Crippen LogP) is 2.62. The minimum absolute atomic E-state index is 0.0700. The Hall–Kier alpha value is -1.26. The smallest absolute Gasteiger partial charge is 0.120 e. The lowest BCUT2D eigenvalue weighted by Gasteiger charge is -2.25.